The van der Waals surface area contributed by atoms with Gasteiger partial charge in [0.05, 0.1) is 22.5 Å². The van der Waals surface area contributed by atoms with Crippen molar-refractivity contribution in [2.75, 3.05) is 18.1 Å². The number of ether oxygens (including phenoxy) is 1. The predicted octanol–water partition coefficient (Wildman–Crippen LogP) is 2.62. The predicted molar refractivity (Wildman–Crippen MR) is 103 cm³/mol. The summed E-state index contributed by atoms with van der Waals surface area (Å²) >= 11 is 1.25. The van der Waals surface area contributed by atoms with E-state index in [2.05, 4.69) is 4.72 Å². The number of anilines is 1. The number of nitrogens with one attached hydrogen (secondary N) is 1. The average Bonchev–Trinajstić information content (AvgIpc) is 2.97. The van der Waals surface area contributed by atoms with Crippen LogP contribution in [0.4, 0.5) is 5.00 Å². The highest BCUT2D eigenvalue weighted by atomic mass is 32.2. The van der Waals surface area contributed by atoms with Crippen molar-refractivity contribution in [2.45, 2.75) is 35.5 Å². The zero-order valence-corrected chi connectivity index (χ0v) is 17.3. The van der Waals surface area contributed by atoms with Crippen molar-refractivity contribution in [1.82, 2.24) is 0 Å². The maximum absolute atomic E-state index is 12.7. The Balaban J connectivity index is 1.99. The Morgan fingerprint density at radius 3 is 2.22 bits per heavy atom. The van der Waals surface area contributed by atoms with Gasteiger partial charge in [-0.2, -0.15) is 0 Å². The second-order valence-electron chi connectivity index (χ2n) is 6.26. The lowest BCUT2D eigenvalue weighted by Gasteiger charge is -2.12. The molecule has 1 aromatic carbocycles. The third-order valence-corrected chi connectivity index (χ3v) is 8.18. The fourth-order valence-corrected chi connectivity index (χ4v) is 6.22. The van der Waals surface area contributed by atoms with Crippen molar-refractivity contribution in [1.29, 1.82) is 0 Å². The number of carbonyl (C=O) groups is 1. The summed E-state index contributed by atoms with van der Waals surface area (Å²) in [6, 6.07) is 4.93. The molecule has 1 N–H and O–H groups in total. The minimum atomic E-state index is -3.98. The van der Waals surface area contributed by atoms with Crippen LogP contribution in [0.2, 0.25) is 0 Å². The van der Waals surface area contributed by atoms with E-state index in [0.29, 0.717) is 6.42 Å². The highest BCUT2D eigenvalue weighted by molar-refractivity contribution is 7.93. The number of benzene rings is 1. The second-order valence-corrected chi connectivity index (χ2v) is 11.1. The van der Waals surface area contributed by atoms with E-state index >= 15 is 0 Å². The van der Waals surface area contributed by atoms with E-state index in [-0.39, 0.29) is 20.4 Å². The molecule has 0 spiro atoms. The average molecular weight is 430 g/mol. The van der Waals surface area contributed by atoms with E-state index in [0.717, 1.165) is 36.0 Å². The molecular formula is C17H19NO6S3. The summed E-state index contributed by atoms with van der Waals surface area (Å²) in [4.78, 5) is 13.2. The number of carbonyl (C=O) groups excluding carboxylic acids is 1. The summed E-state index contributed by atoms with van der Waals surface area (Å²) in [5, 5.41) is 0.237. The van der Waals surface area contributed by atoms with E-state index in [1.165, 1.54) is 42.7 Å². The van der Waals surface area contributed by atoms with Gasteiger partial charge in [-0.1, -0.05) is 0 Å². The fourth-order valence-electron chi connectivity index (χ4n) is 3.00. The Morgan fingerprint density at radius 1 is 1.04 bits per heavy atom. The van der Waals surface area contributed by atoms with E-state index in [9.17, 15) is 21.6 Å². The van der Waals surface area contributed by atoms with Crippen molar-refractivity contribution >= 4 is 42.2 Å². The van der Waals surface area contributed by atoms with Crippen molar-refractivity contribution in [3.63, 3.8) is 0 Å². The molecule has 1 heterocycles. The number of hydrogen-bond acceptors (Lipinski definition) is 7. The first-order valence-corrected chi connectivity index (χ1v) is 12.4. The topological polar surface area (TPSA) is 107 Å². The van der Waals surface area contributed by atoms with Crippen molar-refractivity contribution in [2.24, 2.45) is 0 Å². The quantitative estimate of drug-likeness (QED) is 0.732. The molecule has 1 aromatic heterocycles. The molecule has 27 heavy (non-hydrogen) atoms. The number of esters is 1. The van der Waals surface area contributed by atoms with Gasteiger partial charge in [0.15, 0.2) is 9.84 Å². The number of hydrogen-bond donors (Lipinski definition) is 1. The molecule has 10 heteroatoms. The Morgan fingerprint density at radius 2 is 1.63 bits per heavy atom. The van der Waals surface area contributed by atoms with Gasteiger partial charge in [0.2, 0.25) is 0 Å². The number of aryl methyl sites for hydroxylation is 1. The fraction of sp³-hybridized carbons (Fsp3) is 0.353. The normalized spacial score (nSPS) is 14.4. The van der Waals surface area contributed by atoms with E-state index in [4.69, 9.17) is 4.74 Å². The Kier molecular flexibility index (Phi) is 5.33. The summed E-state index contributed by atoms with van der Waals surface area (Å²) in [7, 11) is -6.14. The zero-order valence-electron chi connectivity index (χ0n) is 14.8. The van der Waals surface area contributed by atoms with Gasteiger partial charge in [-0.25, -0.2) is 21.6 Å². The molecule has 2 aromatic rings. The maximum Gasteiger partial charge on any atom is 0.341 e. The van der Waals surface area contributed by atoms with Crippen LogP contribution in [0.3, 0.4) is 0 Å². The summed E-state index contributed by atoms with van der Waals surface area (Å²) in [6.07, 6.45) is 4.49. The standard InChI is InChI=1S/C17H19NO6S3/c1-24-17(19)15-13-5-3-4-6-14(13)25-16(15)18-27(22,23)12-9-7-11(8-10-12)26(2,20)21/h7-10,18H,3-6H2,1-2H3. The van der Waals surface area contributed by atoms with Crippen molar-refractivity contribution < 1.29 is 26.4 Å². The molecule has 1 aliphatic rings. The van der Waals surface area contributed by atoms with Gasteiger partial charge in [0.25, 0.3) is 10.0 Å². The summed E-state index contributed by atoms with van der Waals surface area (Å²) in [5.41, 5.74) is 1.12. The lowest BCUT2D eigenvalue weighted by Crippen LogP contribution is -2.15. The molecular weight excluding hydrogens is 410 g/mol. The first kappa shape index (κ1) is 19.8. The van der Waals surface area contributed by atoms with Gasteiger partial charge in [-0.05, 0) is 55.5 Å². The minimum absolute atomic E-state index is 0.0308. The monoisotopic (exact) mass is 429 g/mol. The van der Waals surface area contributed by atoms with Crippen LogP contribution in [-0.2, 0) is 37.4 Å². The molecule has 7 nitrogen and oxygen atoms in total. The molecule has 0 fully saturated rings. The molecule has 0 saturated carbocycles. The third-order valence-electron chi connectivity index (χ3n) is 4.35. The minimum Gasteiger partial charge on any atom is -0.465 e. The highest BCUT2D eigenvalue weighted by Gasteiger charge is 2.28. The molecule has 0 radical (unpaired) electrons. The van der Waals surface area contributed by atoms with Gasteiger partial charge >= 0.3 is 5.97 Å². The lowest BCUT2D eigenvalue weighted by molar-refractivity contribution is 0.0601. The summed E-state index contributed by atoms with van der Waals surface area (Å²) in [5.74, 6) is -0.570. The number of methoxy groups -OCH3 is 1. The number of fused-ring (bicyclic) bond motifs is 1. The Labute approximate surface area is 162 Å². The molecule has 3 rings (SSSR count). The van der Waals surface area contributed by atoms with Gasteiger partial charge in [0, 0.05) is 11.1 Å². The largest absolute Gasteiger partial charge is 0.465 e. The van der Waals surface area contributed by atoms with Crippen molar-refractivity contribution in [3.8, 4) is 0 Å². The van der Waals surface area contributed by atoms with Crippen LogP contribution in [0.15, 0.2) is 34.1 Å². The maximum atomic E-state index is 12.7. The van der Waals surface area contributed by atoms with Crippen LogP contribution in [-0.4, -0.2) is 36.2 Å². The number of sulfone groups is 1. The number of rotatable bonds is 5. The molecule has 0 atom stereocenters. The molecule has 1 aliphatic carbocycles. The number of sulfonamides is 1. The Hall–Kier alpha value is -1.91. The lowest BCUT2D eigenvalue weighted by atomic mass is 9.95. The third kappa shape index (κ3) is 4.02. The summed E-state index contributed by atoms with van der Waals surface area (Å²) < 4.78 is 55.9. The van der Waals surface area contributed by atoms with Crippen LogP contribution in [0.5, 0.6) is 0 Å². The van der Waals surface area contributed by atoms with Crippen molar-refractivity contribution in [3.05, 3.63) is 40.3 Å². The van der Waals surface area contributed by atoms with Crippen LogP contribution < -0.4 is 4.72 Å². The smallest absolute Gasteiger partial charge is 0.341 e. The van der Waals surface area contributed by atoms with Crippen LogP contribution in [0.25, 0.3) is 0 Å². The summed E-state index contributed by atoms with van der Waals surface area (Å²) in [6.45, 7) is 0. The van der Waals surface area contributed by atoms with Gasteiger partial charge in [-0.3, -0.25) is 4.72 Å². The first-order valence-electron chi connectivity index (χ1n) is 8.19. The highest BCUT2D eigenvalue weighted by Crippen LogP contribution is 2.39. The Bertz CT molecular complexity index is 1080. The molecule has 0 aliphatic heterocycles. The molecule has 0 saturated heterocycles. The van der Waals surface area contributed by atoms with E-state index in [1.54, 1.807) is 0 Å². The van der Waals surface area contributed by atoms with Gasteiger partial charge in [-0.15, -0.1) is 11.3 Å². The van der Waals surface area contributed by atoms with E-state index in [1.807, 2.05) is 0 Å². The van der Waals surface area contributed by atoms with Gasteiger partial charge in [0.1, 0.15) is 5.00 Å². The second kappa shape index (κ2) is 7.25. The SMILES string of the molecule is COC(=O)c1c(NS(=O)(=O)c2ccc(S(C)(=O)=O)cc2)sc2c1CCCC2. The van der Waals surface area contributed by atoms with Crippen LogP contribution in [0, 0.1) is 0 Å². The van der Waals surface area contributed by atoms with Crippen LogP contribution >= 0.6 is 11.3 Å². The number of thiophene rings is 1. The van der Waals surface area contributed by atoms with E-state index < -0.39 is 25.8 Å². The molecule has 0 bridgehead atoms. The first-order chi connectivity index (χ1) is 12.6. The molecule has 0 unspecified atom stereocenters. The van der Waals surface area contributed by atoms with Crippen LogP contribution in [0.1, 0.15) is 33.6 Å². The zero-order chi connectivity index (χ0) is 19.8. The molecule has 0 amide bonds. The van der Waals surface area contributed by atoms with Gasteiger partial charge < -0.3 is 4.74 Å². The molecule has 146 valence electrons.